The van der Waals surface area contributed by atoms with Gasteiger partial charge < -0.3 is 11.1 Å². The number of primary amides is 1. The van der Waals surface area contributed by atoms with Crippen LogP contribution in [0.25, 0.3) is 0 Å². The molecule has 0 aliphatic heterocycles. The van der Waals surface area contributed by atoms with Gasteiger partial charge in [0.1, 0.15) is 0 Å². The van der Waals surface area contributed by atoms with Crippen LogP contribution in [0.15, 0.2) is 11.6 Å². The summed E-state index contributed by atoms with van der Waals surface area (Å²) in [6, 6.07) is -0.420. The van der Waals surface area contributed by atoms with Crippen LogP contribution in [0.4, 0.5) is 9.93 Å². The predicted octanol–water partition coefficient (Wildman–Crippen LogP) is 1.31. The second-order valence-electron chi connectivity index (χ2n) is 4.38. The van der Waals surface area contributed by atoms with E-state index in [2.05, 4.69) is 15.6 Å². The zero-order valence-electron chi connectivity index (χ0n) is 9.89. The first kappa shape index (κ1) is 12.8. The lowest BCUT2D eigenvalue weighted by atomic mass is 9.85. The maximum absolute atomic E-state index is 11.6. The van der Waals surface area contributed by atoms with Gasteiger partial charge in [-0.3, -0.25) is 10.1 Å². The van der Waals surface area contributed by atoms with E-state index < -0.39 is 6.03 Å². The third kappa shape index (κ3) is 3.43. The Labute approximate surface area is 109 Å². The Bertz CT molecular complexity index is 413. The van der Waals surface area contributed by atoms with Crippen molar-refractivity contribution >= 4 is 28.4 Å². The van der Waals surface area contributed by atoms with Crippen LogP contribution in [-0.2, 0) is 4.79 Å². The number of amides is 3. The van der Waals surface area contributed by atoms with Crippen molar-refractivity contribution in [3.63, 3.8) is 0 Å². The minimum atomic E-state index is -0.775. The van der Waals surface area contributed by atoms with Crippen LogP contribution in [0.5, 0.6) is 0 Å². The molecule has 2 rings (SSSR count). The number of anilines is 1. The van der Waals surface area contributed by atoms with E-state index in [1.165, 1.54) is 0 Å². The molecule has 4 N–H and O–H groups in total. The summed E-state index contributed by atoms with van der Waals surface area (Å²) in [5.41, 5.74) is 4.93. The van der Waals surface area contributed by atoms with E-state index in [-0.39, 0.29) is 11.8 Å². The molecule has 1 saturated carbocycles. The molecular formula is C11H16N4O2S. The molecule has 0 spiro atoms. The number of imide groups is 1. The van der Waals surface area contributed by atoms with Crippen molar-refractivity contribution in [3.8, 4) is 0 Å². The monoisotopic (exact) mass is 268 g/mol. The molecule has 1 aromatic heterocycles. The Hall–Kier alpha value is -1.63. The highest BCUT2D eigenvalue weighted by molar-refractivity contribution is 7.13. The molecular weight excluding hydrogens is 252 g/mol. The van der Waals surface area contributed by atoms with Gasteiger partial charge in [-0.2, -0.15) is 0 Å². The molecule has 0 aromatic carbocycles. The van der Waals surface area contributed by atoms with Crippen LogP contribution in [0.2, 0.25) is 0 Å². The maximum atomic E-state index is 11.6. The number of aromatic nitrogens is 1. The topological polar surface area (TPSA) is 97.1 Å². The van der Waals surface area contributed by atoms with Crippen molar-refractivity contribution in [1.29, 1.82) is 0 Å². The highest BCUT2D eigenvalue weighted by Gasteiger charge is 2.27. The molecule has 0 saturated heterocycles. The van der Waals surface area contributed by atoms with Gasteiger partial charge in [0.05, 0.1) is 0 Å². The number of hydrogen-bond donors (Lipinski definition) is 3. The second-order valence-corrected chi connectivity index (χ2v) is 5.28. The summed E-state index contributed by atoms with van der Waals surface area (Å²) in [6.45, 7) is 0. The number of nitrogens with one attached hydrogen (secondary N) is 2. The number of urea groups is 1. The normalized spacial score (nSPS) is 23.3. The van der Waals surface area contributed by atoms with Crippen LogP contribution in [-0.4, -0.2) is 23.0 Å². The number of nitrogens with two attached hydrogens (primary N) is 1. The van der Waals surface area contributed by atoms with Crippen LogP contribution < -0.4 is 16.4 Å². The zero-order chi connectivity index (χ0) is 13.0. The first-order chi connectivity index (χ1) is 8.65. The van der Waals surface area contributed by atoms with E-state index in [1.807, 2.05) is 5.38 Å². The molecule has 7 heteroatoms. The van der Waals surface area contributed by atoms with Crippen molar-refractivity contribution in [3.05, 3.63) is 11.6 Å². The lowest BCUT2D eigenvalue weighted by molar-refractivity contribution is -0.124. The zero-order valence-corrected chi connectivity index (χ0v) is 10.7. The van der Waals surface area contributed by atoms with Crippen molar-refractivity contribution in [2.24, 2.45) is 11.7 Å². The van der Waals surface area contributed by atoms with Gasteiger partial charge in [0.15, 0.2) is 5.13 Å². The Morgan fingerprint density at radius 1 is 1.33 bits per heavy atom. The summed E-state index contributed by atoms with van der Waals surface area (Å²) in [4.78, 5) is 26.4. The lowest BCUT2D eigenvalue weighted by Crippen LogP contribution is -2.41. The first-order valence-electron chi connectivity index (χ1n) is 5.91. The van der Waals surface area contributed by atoms with Gasteiger partial charge in [0.2, 0.25) is 5.91 Å². The van der Waals surface area contributed by atoms with Crippen molar-refractivity contribution in [2.45, 2.75) is 31.7 Å². The summed E-state index contributed by atoms with van der Waals surface area (Å²) in [6.07, 6.45) is 5.09. The Morgan fingerprint density at radius 2 is 2.06 bits per heavy atom. The number of nitrogens with zero attached hydrogens (tertiary/aromatic N) is 1. The van der Waals surface area contributed by atoms with E-state index in [1.54, 1.807) is 17.5 Å². The largest absolute Gasteiger partial charge is 0.359 e. The highest BCUT2D eigenvalue weighted by Crippen LogP contribution is 2.27. The molecule has 0 bridgehead atoms. The smallest absolute Gasteiger partial charge is 0.318 e. The van der Waals surface area contributed by atoms with E-state index in [9.17, 15) is 9.59 Å². The number of carbonyl (C=O) groups excluding carboxylic acids is 2. The predicted molar refractivity (Wildman–Crippen MR) is 69.2 cm³/mol. The summed E-state index contributed by atoms with van der Waals surface area (Å²) in [5, 5.41) is 8.33. The second kappa shape index (κ2) is 5.81. The van der Waals surface area contributed by atoms with E-state index in [0.717, 1.165) is 30.8 Å². The van der Waals surface area contributed by atoms with Crippen molar-refractivity contribution in [2.75, 3.05) is 5.32 Å². The maximum Gasteiger partial charge on any atom is 0.318 e. The molecule has 98 valence electrons. The molecule has 0 atom stereocenters. The van der Waals surface area contributed by atoms with Gasteiger partial charge in [-0.05, 0) is 25.7 Å². The number of carbonyl (C=O) groups is 2. The fourth-order valence-corrected chi connectivity index (χ4v) is 2.80. The Balaban J connectivity index is 1.77. The van der Waals surface area contributed by atoms with Crippen LogP contribution in [0.1, 0.15) is 25.7 Å². The van der Waals surface area contributed by atoms with Gasteiger partial charge in [0, 0.05) is 23.5 Å². The first-order valence-corrected chi connectivity index (χ1v) is 6.79. The number of rotatable bonds is 3. The third-order valence-electron chi connectivity index (χ3n) is 3.10. The number of thiazole rings is 1. The molecule has 6 nitrogen and oxygen atoms in total. The summed E-state index contributed by atoms with van der Waals surface area (Å²) in [7, 11) is 0. The molecule has 3 amide bonds. The molecule has 1 aliphatic rings. The van der Waals surface area contributed by atoms with Crippen molar-refractivity contribution in [1.82, 2.24) is 10.3 Å². The molecule has 1 fully saturated rings. The van der Waals surface area contributed by atoms with Crippen molar-refractivity contribution < 1.29 is 9.59 Å². The van der Waals surface area contributed by atoms with E-state index >= 15 is 0 Å². The standard InChI is InChI=1S/C11H16N4O2S/c12-10(17)15-9(16)7-1-3-8(4-2-7)14-11-13-5-6-18-11/h5-8H,1-4H2,(H,13,14)(H3,12,15,16,17). The molecule has 0 unspecified atom stereocenters. The average Bonchev–Trinajstić information content (AvgIpc) is 2.82. The molecule has 1 aliphatic carbocycles. The summed E-state index contributed by atoms with van der Waals surface area (Å²) < 4.78 is 0. The van der Waals surface area contributed by atoms with Gasteiger partial charge in [0.25, 0.3) is 0 Å². The van der Waals surface area contributed by atoms with Gasteiger partial charge in [-0.1, -0.05) is 0 Å². The minimum Gasteiger partial charge on any atom is -0.359 e. The third-order valence-corrected chi connectivity index (χ3v) is 3.81. The quantitative estimate of drug-likeness (QED) is 0.770. The number of hydrogen-bond acceptors (Lipinski definition) is 5. The van der Waals surface area contributed by atoms with E-state index in [4.69, 9.17) is 5.73 Å². The lowest BCUT2D eigenvalue weighted by Gasteiger charge is -2.27. The Kier molecular flexibility index (Phi) is 4.14. The Morgan fingerprint density at radius 3 is 2.61 bits per heavy atom. The van der Waals surface area contributed by atoms with Gasteiger partial charge >= 0.3 is 6.03 Å². The fraction of sp³-hybridized carbons (Fsp3) is 0.545. The van der Waals surface area contributed by atoms with E-state index in [0.29, 0.717) is 6.04 Å². The molecule has 1 aromatic rings. The SMILES string of the molecule is NC(=O)NC(=O)C1CCC(Nc2nccs2)CC1. The van der Waals surface area contributed by atoms with Crippen LogP contribution >= 0.6 is 11.3 Å². The summed E-state index contributed by atoms with van der Waals surface area (Å²) in [5.74, 6) is -0.359. The molecule has 1 heterocycles. The van der Waals surface area contributed by atoms with Crippen LogP contribution in [0.3, 0.4) is 0 Å². The molecule has 18 heavy (non-hydrogen) atoms. The summed E-state index contributed by atoms with van der Waals surface area (Å²) >= 11 is 1.57. The highest BCUT2D eigenvalue weighted by atomic mass is 32.1. The minimum absolute atomic E-state index is 0.105. The van der Waals surface area contributed by atoms with Crippen LogP contribution in [0, 0.1) is 5.92 Å². The van der Waals surface area contributed by atoms with Gasteiger partial charge in [-0.15, -0.1) is 11.3 Å². The van der Waals surface area contributed by atoms with Gasteiger partial charge in [-0.25, -0.2) is 9.78 Å². The molecule has 0 radical (unpaired) electrons. The average molecular weight is 268 g/mol. The fourth-order valence-electron chi connectivity index (χ4n) is 2.19.